The van der Waals surface area contributed by atoms with Gasteiger partial charge in [0, 0.05) is 12.7 Å². The van der Waals surface area contributed by atoms with Crippen molar-refractivity contribution in [2.45, 2.75) is 6.61 Å². The van der Waals surface area contributed by atoms with E-state index in [1.807, 2.05) is 48.5 Å². The van der Waals surface area contributed by atoms with Crippen molar-refractivity contribution in [1.29, 1.82) is 0 Å². The van der Waals surface area contributed by atoms with Crippen LogP contribution in [0.1, 0.15) is 15.9 Å². The van der Waals surface area contributed by atoms with Crippen LogP contribution in [-0.2, 0) is 11.4 Å². The lowest BCUT2D eigenvalue weighted by atomic mass is 10.1. The average molecular weight is 256 g/mol. The minimum Gasteiger partial charge on any atom is -0.387 e. The van der Waals surface area contributed by atoms with Crippen molar-refractivity contribution in [2.24, 2.45) is 0 Å². The summed E-state index contributed by atoms with van der Waals surface area (Å²) in [5.74, 6) is -0.263. The number of benzene rings is 2. The summed E-state index contributed by atoms with van der Waals surface area (Å²) in [6.07, 6.45) is 0. The van der Waals surface area contributed by atoms with Crippen LogP contribution >= 0.6 is 0 Å². The third-order valence-electron chi connectivity index (χ3n) is 2.69. The van der Waals surface area contributed by atoms with Crippen LogP contribution in [0.15, 0.2) is 54.6 Å². The van der Waals surface area contributed by atoms with Gasteiger partial charge in [-0.25, -0.2) is 5.48 Å². The Labute approximate surface area is 112 Å². The molecule has 19 heavy (non-hydrogen) atoms. The van der Waals surface area contributed by atoms with E-state index in [9.17, 15) is 4.79 Å². The lowest BCUT2D eigenvalue weighted by Crippen LogP contribution is -2.24. The monoisotopic (exact) mass is 256 g/mol. The Morgan fingerprint density at radius 2 is 1.74 bits per heavy atom. The minimum atomic E-state index is -0.263. The molecular formula is C15H16N2O2. The zero-order valence-corrected chi connectivity index (χ0v) is 10.7. The number of para-hydroxylation sites is 1. The summed E-state index contributed by atoms with van der Waals surface area (Å²) < 4.78 is 0. The first-order valence-corrected chi connectivity index (χ1v) is 6.04. The van der Waals surface area contributed by atoms with Gasteiger partial charge in [-0.1, -0.05) is 42.5 Å². The molecule has 4 heteroatoms. The van der Waals surface area contributed by atoms with E-state index in [4.69, 9.17) is 4.84 Å². The third kappa shape index (κ3) is 3.56. The Hall–Kier alpha value is -2.33. The first-order valence-electron chi connectivity index (χ1n) is 6.04. The molecule has 0 spiro atoms. The van der Waals surface area contributed by atoms with E-state index in [0.29, 0.717) is 12.2 Å². The van der Waals surface area contributed by atoms with Crippen molar-refractivity contribution >= 4 is 11.6 Å². The van der Waals surface area contributed by atoms with Crippen LogP contribution in [0, 0.1) is 0 Å². The second-order valence-electron chi connectivity index (χ2n) is 4.00. The molecule has 0 fully saturated rings. The number of amides is 1. The first-order chi connectivity index (χ1) is 9.31. The zero-order valence-electron chi connectivity index (χ0n) is 10.7. The predicted molar refractivity (Wildman–Crippen MR) is 74.7 cm³/mol. The summed E-state index contributed by atoms with van der Waals surface area (Å²) in [5.41, 5.74) is 4.77. The molecule has 2 rings (SSSR count). The van der Waals surface area contributed by atoms with Crippen LogP contribution in [-0.4, -0.2) is 13.0 Å². The summed E-state index contributed by atoms with van der Waals surface area (Å²) in [6, 6.07) is 16.9. The Balaban J connectivity index is 1.91. The van der Waals surface area contributed by atoms with Gasteiger partial charge in [-0.2, -0.15) is 0 Å². The smallest absolute Gasteiger partial charge is 0.276 e. The van der Waals surface area contributed by atoms with Crippen LogP contribution in [0.2, 0.25) is 0 Å². The highest BCUT2D eigenvalue weighted by Crippen LogP contribution is 2.13. The minimum absolute atomic E-state index is 0.263. The average Bonchev–Trinajstić information content (AvgIpc) is 2.48. The summed E-state index contributed by atoms with van der Waals surface area (Å²) in [4.78, 5) is 17.1. The Morgan fingerprint density at radius 1 is 1.05 bits per heavy atom. The molecule has 2 N–H and O–H groups in total. The van der Waals surface area contributed by atoms with E-state index in [0.717, 1.165) is 11.3 Å². The molecule has 0 aliphatic heterocycles. The molecule has 0 aliphatic rings. The maximum atomic E-state index is 11.9. The third-order valence-corrected chi connectivity index (χ3v) is 2.69. The standard InChI is InChI=1S/C15H16N2O2/c1-16-14-10-6-5-9-13(14)15(18)17-19-11-12-7-3-2-4-8-12/h2-10,16H,11H2,1H3,(H,17,18). The van der Waals surface area contributed by atoms with Crippen molar-refractivity contribution in [3.63, 3.8) is 0 Å². The van der Waals surface area contributed by atoms with Gasteiger partial charge in [-0.3, -0.25) is 9.63 Å². The number of hydrogen-bond acceptors (Lipinski definition) is 3. The predicted octanol–water partition coefficient (Wildman–Crippen LogP) is 2.59. The van der Waals surface area contributed by atoms with Crippen LogP contribution in [0.3, 0.4) is 0 Å². The molecule has 0 heterocycles. The summed E-state index contributed by atoms with van der Waals surface area (Å²) in [5, 5.41) is 2.97. The van der Waals surface area contributed by atoms with Gasteiger partial charge in [0.05, 0.1) is 12.2 Å². The lowest BCUT2D eigenvalue weighted by Gasteiger charge is -2.09. The lowest BCUT2D eigenvalue weighted by molar-refractivity contribution is 0.0234. The van der Waals surface area contributed by atoms with Crippen LogP contribution < -0.4 is 10.8 Å². The summed E-state index contributed by atoms with van der Waals surface area (Å²) in [6.45, 7) is 0.342. The van der Waals surface area contributed by atoms with Gasteiger partial charge in [0.1, 0.15) is 0 Å². The SMILES string of the molecule is CNc1ccccc1C(=O)NOCc1ccccc1. The number of carbonyl (C=O) groups is 1. The molecule has 0 aromatic heterocycles. The summed E-state index contributed by atoms with van der Waals surface area (Å²) in [7, 11) is 1.77. The van der Waals surface area contributed by atoms with E-state index in [2.05, 4.69) is 10.8 Å². The van der Waals surface area contributed by atoms with Crippen molar-refractivity contribution in [1.82, 2.24) is 5.48 Å². The Kier molecular flexibility index (Phi) is 4.53. The Morgan fingerprint density at radius 3 is 2.47 bits per heavy atom. The molecule has 0 radical (unpaired) electrons. The zero-order chi connectivity index (χ0) is 13.5. The van der Waals surface area contributed by atoms with Gasteiger partial charge in [0.25, 0.3) is 5.91 Å². The number of nitrogens with one attached hydrogen (secondary N) is 2. The molecule has 0 bridgehead atoms. The second-order valence-corrected chi connectivity index (χ2v) is 4.00. The molecule has 98 valence electrons. The fourth-order valence-corrected chi connectivity index (χ4v) is 1.71. The highest BCUT2D eigenvalue weighted by molar-refractivity contribution is 5.98. The summed E-state index contributed by atoms with van der Waals surface area (Å²) >= 11 is 0. The van der Waals surface area contributed by atoms with Crippen molar-refractivity contribution < 1.29 is 9.63 Å². The number of rotatable bonds is 5. The molecular weight excluding hydrogens is 240 g/mol. The fraction of sp³-hybridized carbons (Fsp3) is 0.133. The number of hydroxylamine groups is 1. The van der Waals surface area contributed by atoms with Crippen molar-refractivity contribution in [3.8, 4) is 0 Å². The molecule has 0 unspecified atom stereocenters. The normalized spacial score (nSPS) is 9.95. The molecule has 0 saturated heterocycles. The molecule has 4 nitrogen and oxygen atoms in total. The molecule has 2 aromatic rings. The first kappa shape index (κ1) is 13.1. The van der Waals surface area contributed by atoms with Crippen LogP contribution in [0.25, 0.3) is 0 Å². The maximum absolute atomic E-state index is 11.9. The van der Waals surface area contributed by atoms with Gasteiger partial charge in [0.15, 0.2) is 0 Å². The van der Waals surface area contributed by atoms with Crippen molar-refractivity contribution in [2.75, 3.05) is 12.4 Å². The van der Waals surface area contributed by atoms with Gasteiger partial charge >= 0.3 is 0 Å². The van der Waals surface area contributed by atoms with Gasteiger partial charge < -0.3 is 5.32 Å². The topological polar surface area (TPSA) is 50.4 Å². The Bertz CT molecular complexity index is 541. The second kappa shape index (κ2) is 6.56. The molecule has 2 aromatic carbocycles. The van der Waals surface area contributed by atoms with Gasteiger partial charge in [-0.15, -0.1) is 0 Å². The van der Waals surface area contributed by atoms with Crippen molar-refractivity contribution in [3.05, 3.63) is 65.7 Å². The van der Waals surface area contributed by atoms with E-state index >= 15 is 0 Å². The molecule has 0 atom stereocenters. The van der Waals surface area contributed by atoms with Gasteiger partial charge in [-0.05, 0) is 17.7 Å². The quantitative estimate of drug-likeness (QED) is 0.808. The highest BCUT2D eigenvalue weighted by atomic mass is 16.6. The van der Waals surface area contributed by atoms with E-state index in [-0.39, 0.29) is 5.91 Å². The fourth-order valence-electron chi connectivity index (χ4n) is 1.71. The van der Waals surface area contributed by atoms with Crippen LogP contribution in [0.4, 0.5) is 5.69 Å². The van der Waals surface area contributed by atoms with E-state index in [1.165, 1.54) is 0 Å². The van der Waals surface area contributed by atoms with Crippen LogP contribution in [0.5, 0.6) is 0 Å². The van der Waals surface area contributed by atoms with Gasteiger partial charge in [0.2, 0.25) is 0 Å². The van der Waals surface area contributed by atoms with E-state index < -0.39 is 0 Å². The number of carbonyl (C=O) groups excluding carboxylic acids is 1. The molecule has 0 saturated carbocycles. The number of anilines is 1. The molecule has 1 amide bonds. The molecule has 0 aliphatic carbocycles. The maximum Gasteiger partial charge on any atom is 0.276 e. The highest BCUT2D eigenvalue weighted by Gasteiger charge is 2.09. The van der Waals surface area contributed by atoms with E-state index in [1.54, 1.807) is 13.1 Å². The largest absolute Gasteiger partial charge is 0.387 e. The number of hydrogen-bond donors (Lipinski definition) is 2.